The minimum absolute atomic E-state index is 0.403. The van der Waals surface area contributed by atoms with E-state index in [2.05, 4.69) is 27.7 Å². The van der Waals surface area contributed by atoms with E-state index in [-0.39, 0.29) is 0 Å². The molecule has 0 fully saturated rings. The number of fused-ring (bicyclic) bond motifs is 1. The van der Waals surface area contributed by atoms with Crippen molar-refractivity contribution in [3.8, 4) is 34.5 Å². The zero-order valence-corrected chi connectivity index (χ0v) is 24.6. The Hall–Kier alpha value is -2.80. The van der Waals surface area contributed by atoms with Gasteiger partial charge in [-0.3, -0.25) is 0 Å². The number of benzene rings is 2. The van der Waals surface area contributed by atoms with Crippen molar-refractivity contribution in [3.63, 3.8) is 0 Å². The van der Waals surface area contributed by atoms with Crippen LogP contribution in [0.25, 0.3) is 0 Å². The first-order chi connectivity index (χ1) is 19.1. The smallest absolute Gasteiger partial charge is 0.203 e. The molecular weight excluding hydrogens is 496 g/mol. The van der Waals surface area contributed by atoms with Gasteiger partial charge in [0.2, 0.25) is 5.75 Å². The molecular formula is C32H48O7. The van der Waals surface area contributed by atoms with Gasteiger partial charge in [0.1, 0.15) is 17.2 Å². The second-order valence-electron chi connectivity index (χ2n) is 10.1. The molecule has 0 bridgehead atoms. The lowest BCUT2D eigenvalue weighted by atomic mass is 9.93. The van der Waals surface area contributed by atoms with E-state index in [9.17, 15) is 5.11 Å². The third kappa shape index (κ3) is 8.59. The number of hydrogen-bond acceptors (Lipinski definition) is 7. The van der Waals surface area contributed by atoms with Crippen molar-refractivity contribution in [2.45, 2.75) is 97.7 Å². The molecule has 1 aliphatic rings. The number of unbranched alkanes of at least 4 members (excludes halogenated alkanes) is 4. The fraction of sp³-hybridized carbons (Fsp3) is 0.625. The highest BCUT2D eigenvalue weighted by atomic mass is 16.5. The largest absolute Gasteiger partial charge is 0.493 e. The molecule has 2 aromatic carbocycles. The Morgan fingerprint density at radius 3 is 1.90 bits per heavy atom. The molecule has 2 aromatic rings. The van der Waals surface area contributed by atoms with Crippen molar-refractivity contribution in [3.05, 3.63) is 35.4 Å². The van der Waals surface area contributed by atoms with E-state index in [1.54, 1.807) is 7.11 Å². The molecule has 1 heterocycles. The molecule has 218 valence electrons. The predicted molar refractivity (Wildman–Crippen MR) is 154 cm³/mol. The lowest BCUT2D eigenvalue weighted by Gasteiger charge is -2.33. The predicted octanol–water partition coefficient (Wildman–Crippen LogP) is 7.45. The van der Waals surface area contributed by atoms with Gasteiger partial charge in [0, 0.05) is 29.7 Å². The third-order valence-electron chi connectivity index (χ3n) is 6.77. The summed E-state index contributed by atoms with van der Waals surface area (Å²) in [6.45, 7) is 10.9. The normalized spacial score (nSPS) is 16.3. The minimum atomic E-state index is -0.780. The van der Waals surface area contributed by atoms with Gasteiger partial charge < -0.3 is 33.5 Å². The fourth-order valence-corrected chi connectivity index (χ4v) is 4.40. The van der Waals surface area contributed by atoms with E-state index in [0.29, 0.717) is 67.3 Å². The molecule has 7 heteroatoms. The maximum Gasteiger partial charge on any atom is 0.203 e. The average molecular weight is 545 g/mol. The van der Waals surface area contributed by atoms with Gasteiger partial charge in [-0.25, -0.2) is 0 Å². The van der Waals surface area contributed by atoms with Crippen LogP contribution >= 0.6 is 0 Å². The first-order valence-corrected chi connectivity index (χ1v) is 14.8. The summed E-state index contributed by atoms with van der Waals surface area (Å²) < 4.78 is 36.6. The molecule has 0 amide bonds. The molecule has 7 nitrogen and oxygen atoms in total. The monoisotopic (exact) mass is 544 g/mol. The summed E-state index contributed by atoms with van der Waals surface area (Å²) in [4.78, 5) is 0. The quantitative estimate of drug-likeness (QED) is 0.195. The maximum absolute atomic E-state index is 11.3. The Bertz CT molecular complexity index is 1010. The van der Waals surface area contributed by atoms with E-state index >= 15 is 0 Å². The van der Waals surface area contributed by atoms with Gasteiger partial charge in [0.25, 0.3) is 0 Å². The van der Waals surface area contributed by atoms with Gasteiger partial charge in [-0.1, -0.05) is 53.4 Å². The van der Waals surface area contributed by atoms with E-state index in [4.69, 9.17) is 28.4 Å². The standard InChI is InChI=1S/C32H48O7/c1-6-10-14-35-24-20-27(36-15-11-7-2)25-22-26(33)31(39-28(25)21-24)23-18-29(34-5)32(38-17-13-9-4)30(19-23)37-16-12-8-3/h18-21,26,31,33H,6-17,22H2,1-5H3/t26-,31+/m1/s1. The molecule has 0 saturated carbocycles. The lowest BCUT2D eigenvalue weighted by molar-refractivity contribution is 0.0192. The zero-order chi connectivity index (χ0) is 28.0. The zero-order valence-electron chi connectivity index (χ0n) is 24.6. The number of hydrogen-bond donors (Lipinski definition) is 1. The van der Waals surface area contributed by atoms with Crippen LogP contribution in [0.5, 0.6) is 34.5 Å². The fourth-order valence-electron chi connectivity index (χ4n) is 4.40. The molecule has 0 saturated heterocycles. The van der Waals surface area contributed by atoms with E-state index in [0.717, 1.165) is 62.5 Å². The summed E-state index contributed by atoms with van der Waals surface area (Å²) >= 11 is 0. The highest BCUT2D eigenvalue weighted by Crippen LogP contribution is 2.46. The molecule has 2 atom stereocenters. The Labute approximate surface area is 234 Å². The molecule has 1 N–H and O–H groups in total. The van der Waals surface area contributed by atoms with Crippen molar-refractivity contribution in [1.29, 1.82) is 0 Å². The summed E-state index contributed by atoms with van der Waals surface area (Å²) in [5.41, 5.74) is 1.63. The minimum Gasteiger partial charge on any atom is -0.493 e. The number of ether oxygens (including phenoxy) is 6. The second-order valence-corrected chi connectivity index (χ2v) is 10.1. The van der Waals surface area contributed by atoms with Gasteiger partial charge >= 0.3 is 0 Å². The highest BCUT2D eigenvalue weighted by molar-refractivity contribution is 5.56. The van der Waals surface area contributed by atoms with Crippen molar-refractivity contribution in [2.24, 2.45) is 0 Å². The van der Waals surface area contributed by atoms with Crippen LogP contribution in [0.2, 0.25) is 0 Å². The van der Waals surface area contributed by atoms with Crippen LogP contribution in [-0.2, 0) is 6.42 Å². The third-order valence-corrected chi connectivity index (χ3v) is 6.77. The molecule has 0 spiro atoms. The summed E-state index contributed by atoms with van der Waals surface area (Å²) in [6, 6.07) is 7.63. The number of aliphatic hydroxyl groups excluding tert-OH is 1. The van der Waals surface area contributed by atoms with Crippen LogP contribution in [0.1, 0.15) is 96.3 Å². The molecule has 1 aliphatic heterocycles. The van der Waals surface area contributed by atoms with Crippen LogP contribution in [0.3, 0.4) is 0 Å². The van der Waals surface area contributed by atoms with Crippen molar-refractivity contribution in [2.75, 3.05) is 33.5 Å². The number of methoxy groups -OCH3 is 1. The lowest BCUT2D eigenvalue weighted by Crippen LogP contribution is -2.31. The van der Waals surface area contributed by atoms with Gasteiger partial charge in [-0.05, 0) is 37.8 Å². The summed E-state index contributed by atoms with van der Waals surface area (Å²) in [7, 11) is 1.62. The Balaban J connectivity index is 1.95. The van der Waals surface area contributed by atoms with Crippen LogP contribution in [0, 0.1) is 0 Å². The van der Waals surface area contributed by atoms with Gasteiger partial charge in [0.15, 0.2) is 17.6 Å². The first-order valence-electron chi connectivity index (χ1n) is 14.8. The van der Waals surface area contributed by atoms with Gasteiger partial charge in [-0.15, -0.1) is 0 Å². The molecule has 0 aliphatic carbocycles. The topological polar surface area (TPSA) is 75.6 Å². The Kier molecular flexibility index (Phi) is 12.9. The van der Waals surface area contributed by atoms with Crippen LogP contribution in [-0.4, -0.2) is 44.7 Å². The summed E-state index contributed by atoms with van der Waals surface area (Å²) in [5.74, 6) is 3.86. The molecule has 39 heavy (non-hydrogen) atoms. The molecule has 3 rings (SSSR count). The maximum atomic E-state index is 11.3. The number of rotatable bonds is 18. The van der Waals surface area contributed by atoms with Crippen molar-refractivity contribution < 1.29 is 33.5 Å². The summed E-state index contributed by atoms with van der Waals surface area (Å²) in [6.07, 6.45) is 6.95. The number of aliphatic hydroxyl groups is 1. The SMILES string of the molecule is CCCCOc1cc(OCCCC)c2c(c1)O[C@@H](c1cc(OC)c(OCCCC)c(OCCCC)c1)[C@H](O)C2. The van der Waals surface area contributed by atoms with Gasteiger partial charge in [-0.2, -0.15) is 0 Å². The molecule has 0 radical (unpaired) electrons. The average Bonchev–Trinajstić information content (AvgIpc) is 2.94. The molecule has 0 aromatic heterocycles. The summed E-state index contributed by atoms with van der Waals surface area (Å²) in [5, 5.41) is 11.3. The van der Waals surface area contributed by atoms with Crippen LogP contribution in [0.4, 0.5) is 0 Å². The van der Waals surface area contributed by atoms with Crippen LogP contribution in [0.15, 0.2) is 24.3 Å². The van der Waals surface area contributed by atoms with E-state index in [1.807, 2.05) is 24.3 Å². The van der Waals surface area contributed by atoms with Crippen molar-refractivity contribution in [1.82, 2.24) is 0 Å². The highest BCUT2D eigenvalue weighted by Gasteiger charge is 2.34. The Morgan fingerprint density at radius 2 is 1.28 bits per heavy atom. The van der Waals surface area contributed by atoms with E-state index in [1.165, 1.54) is 0 Å². The van der Waals surface area contributed by atoms with Gasteiger partial charge in [0.05, 0.1) is 39.6 Å². The van der Waals surface area contributed by atoms with Crippen LogP contribution < -0.4 is 28.4 Å². The Morgan fingerprint density at radius 1 is 0.718 bits per heavy atom. The molecule has 0 unspecified atom stereocenters. The second kappa shape index (κ2) is 16.3. The van der Waals surface area contributed by atoms with E-state index < -0.39 is 12.2 Å². The van der Waals surface area contributed by atoms with Crippen molar-refractivity contribution >= 4 is 0 Å². The first kappa shape index (κ1) is 30.7.